The summed E-state index contributed by atoms with van der Waals surface area (Å²) < 4.78 is 24.6. The number of aliphatic hydroxyl groups is 1. The Bertz CT molecular complexity index is 1580. The van der Waals surface area contributed by atoms with Gasteiger partial charge >= 0.3 is 0 Å². The topological polar surface area (TPSA) is 122 Å². The Balaban J connectivity index is 1.24. The van der Waals surface area contributed by atoms with Gasteiger partial charge in [-0.15, -0.1) is 5.10 Å². The highest BCUT2D eigenvalue weighted by Gasteiger charge is 2.66. The maximum atomic E-state index is 16.1. The van der Waals surface area contributed by atoms with Crippen LogP contribution in [0, 0.1) is 11.8 Å². The van der Waals surface area contributed by atoms with E-state index in [0.29, 0.717) is 53.6 Å². The van der Waals surface area contributed by atoms with Crippen LogP contribution in [0.25, 0.3) is 0 Å². The number of aliphatic hydroxyl groups excluding tert-OH is 1. The van der Waals surface area contributed by atoms with Gasteiger partial charge in [0.2, 0.25) is 14.3 Å². The van der Waals surface area contributed by atoms with Gasteiger partial charge in [-0.25, -0.2) is 0 Å². The van der Waals surface area contributed by atoms with Gasteiger partial charge in [0.25, 0.3) is 5.91 Å². The number of hydrogen-bond acceptors (Lipinski definition) is 7. The number of hydrogen-bond donors (Lipinski definition) is 3. The standard InChI is InChI=1S/C33H42ClFN6O4Si/c1-21-30(46(2,3)35)29(12-15-40-20-26(13-16-42)38-39-40)45-33(21)27-17-24(34)8-11-28(27)41(32(33)44)19-22-6-9-25(10-7-22)37-31(43)23-5-4-14-36-18-23/h6-11,17,20-21,23,29-30,36,42H,4-5,12-16,18-19H2,1-3H3,(H,37,43)/t21-,23?,29+,30-,33+/m1/s1. The molecule has 0 saturated carbocycles. The molecule has 13 heteroatoms. The van der Waals surface area contributed by atoms with Crippen molar-refractivity contribution in [2.75, 3.05) is 29.9 Å². The number of anilines is 2. The Hall–Kier alpha value is -3.16. The van der Waals surface area contributed by atoms with E-state index in [1.807, 2.05) is 37.3 Å². The van der Waals surface area contributed by atoms with Gasteiger partial charge in [0.15, 0.2) is 5.60 Å². The highest BCUT2D eigenvalue weighted by Crippen LogP contribution is 2.60. The third-order valence-electron chi connectivity index (χ3n) is 9.75. The van der Waals surface area contributed by atoms with E-state index in [4.69, 9.17) is 16.3 Å². The molecule has 1 aromatic heterocycles. The van der Waals surface area contributed by atoms with E-state index in [9.17, 15) is 14.7 Å². The zero-order valence-electron chi connectivity index (χ0n) is 26.5. The molecule has 3 N–H and O–H groups in total. The quantitative estimate of drug-likeness (QED) is 0.209. The fraction of sp³-hybridized carbons (Fsp3) is 0.515. The molecule has 2 saturated heterocycles. The number of ether oxygens (including phenoxy) is 1. The van der Waals surface area contributed by atoms with Gasteiger partial charge in [0.1, 0.15) is 0 Å². The van der Waals surface area contributed by atoms with E-state index >= 15 is 4.11 Å². The van der Waals surface area contributed by atoms with E-state index in [1.165, 1.54) is 0 Å². The van der Waals surface area contributed by atoms with Crippen LogP contribution in [0.1, 0.15) is 43.0 Å². The molecule has 246 valence electrons. The molecular formula is C33H42ClFN6O4Si. The van der Waals surface area contributed by atoms with Crippen LogP contribution in [0.2, 0.25) is 23.7 Å². The van der Waals surface area contributed by atoms with Crippen LogP contribution >= 0.6 is 11.6 Å². The molecule has 6 rings (SSSR count). The summed E-state index contributed by atoms with van der Waals surface area (Å²) in [5.74, 6) is -0.705. The Morgan fingerprint density at radius 2 is 2.04 bits per heavy atom. The van der Waals surface area contributed by atoms with Crippen molar-refractivity contribution < 1.29 is 23.5 Å². The molecule has 4 heterocycles. The molecule has 2 amide bonds. The lowest BCUT2D eigenvalue weighted by Gasteiger charge is -2.31. The van der Waals surface area contributed by atoms with Crippen molar-refractivity contribution >= 4 is 43.2 Å². The number of nitrogens with zero attached hydrogens (tertiary/aromatic N) is 4. The number of aromatic nitrogens is 3. The Morgan fingerprint density at radius 3 is 2.74 bits per heavy atom. The van der Waals surface area contributed by atoms with E-state index < -0.39 is 31.6 Å². The van der Waals surface area contributed by atoms with Gasteiger partial charge in [0.05, 0.1) is 29.9 Å². The molecule has 0 bridgehead atoms. The molecule has 0 aliphatic carbocycles. The van der Waals surface area contributed by atoms with Crippen LogP contribution in [0.4, 0.5) is 15.5 Å². The first-order valence-corrected chi connectivity index (χ1v) is 19.4. The summed E-state index contributed by atoms with van der Waals surface area (Å²) in [6, 6.07) is 12.9. The average molecular weight is 669 g/mol. The SMILES string of the molecule is C[C@@H]1[C@@H]([Si](C)(C)F)[C@H](CCn2cc(CCO)nn2)O[C@@]12C(=O)N(Cc1ccc(NC(=O)C3CCCNC3)cc1)c1ccc(Cl)cc12. The number of aryl methyl sites for hydroxylation is 1. The fourth-order valence-electron chi connectivity index (χ4n) is 7.58. The summed E-state index contributed by atoms with van der Waals surface area (Å²) in [7, 11) is -3.33. The zero-order chi connectivity index (χ0) is 32.6. The number of nitrogens with one attached hydrogen (secondary N) is 2. The van der Waals surface area contributed by atoms with Crippen LogP contribution in [0.5, 0.6) is 0 Å². The summed E-state index contributed by atoms with van der Waals surface area (Å²) in [5.41, 5.74) is 1.81. The minimum Gasteiger partial charge on any atom is -0.396 e. The highest BCUT2D eigenvalue weighted by molar-refractivity contribution is 6.72. The predicted molar refractivity (Wildman–Crippen MR) is 177 cm³/mol. The Labute approximate surface area is 274 Å². The highest BCUT2D eigenvalue weighted by atomic mass is 35.5. The van der Waals surface area contributed by atoms with Crippen LogP contribution in [0.15, 0.2) is 48.7 Å². The molecule has 1 unspecified atom stereocenters. The molecule has 1 spiro atoms. The number of halogens is 2. The van der Waals surface area contributed by atoms with Crippen molar-refractivity contribution in [3.05, 3.63) is 70.5 Å². The first-order valence-electron chi connectivity index (χ1n) is 16.1. The molecule has 3 aliphatic heterocycles. The lowest BCUT2D eigenvalue weighted by Crippen LogP contribution is -2.45. The smallest absolute Gasteiger partial charge is 0.264 e. The van der Waals surface area contributed by atoms with Crippen LogP contribution in [-0.4, -0.2) is 66.1 Å². The van der Waals surface area contributed by atoms with Crippen LogP contribution < -0.4 is 15.5 Å². The van der Waals surface area contributed by atoms with Crippen LogP contribution in [0.3, 0.4) is 0 Å². The summed E-state index contributed by atoms with van der Waals surface area (Å²) in [4.78, 5) is 29.0. The van der Waals surface area contributed by atoms with Crippen molar-refractivity contribution in [2.45, 2.75) is 76.0 Å². The molecule has 2 fully saturated rings. The number of piperidine rings is 1. The van der Waals surface area contributed by atoms with E-state index in [2.05, 4.69) is 20.9 Å². The fourth-order valence-corrected chi connectivity index (χ4v) is 10.3. The lowest BCUT2D eigenvalue weighted by atomic mass is 9.82. The van der Waals surface area contributed by atoms with Gasteiger partial charge in [-0.05, 0) is 74.8 Å². The number of rotatable bonds is 10. The number of fused-ring (bicyclic) bond motifs is 2. The number of amides is 2. The molecular weight excluding hydrogens is 627 g/mol. The number of benzene rings is 2. The Kier molecular flexibility index (Phi) is 9.37. The molecule has 5 atom stereocenters. The summed E-state index contributed by atoms with van der Waals surface area (Å²) in [6.07, 6.45) is 3.97. The second kappa shape index (κ2) is 13.2. The van der Waals surface area contributed by atoms with Crippen molar-refractivity contribution in [1.82, 2.24) is 20.3 Å². The van der Waals surface area contributed by atoms with Gasteiger partial charge in [0, 0.05) is 60.0 Å². The molecule has 46 heavy (non-hydrogen) atoms. The van der Waals surface area contributed by atoms with Gasteiger partial charge < -0.3 is 29.5 Å². The third kappa shape index (κ3) is 6.25. The second-order valence-electron chi connectivity index (χ2n) is 13.3. The van der Waals surface area contributed by atoms with Gasteiger partial charge in [-0.3, -0.25) is 14.3 Å². The average Bonchev–Trinajstić information content (AvgIpc) is 3.67. The first-order chi connectivity index (χ1) is 22.0. The number of carbonyl (C=O) groups excluding carboxylic acids is 2. The molecule has 3 aromatic rings. The van der Waals surface area contributed by atoms with Crippen molar-refractivity contribution in [3.63, 3.8) is 0 Å². The summed E-state index contributed by atoms with van der Waals surface area (Å²) in [6.45, 7) is 7.62. The Morgan fingerprint density at radius 1 is 1.26 bits per heavy atom. The zero-order valence-corrected chi connectivity index (χ0v) is 28.3. The maximum absolute atomic E-state index is 16.1. The van der Waals surface area contributed by atoms with Gasteiger partial charge in [-0.2, -0.15) is 0 Å². The van der Waals surface area contributed by atoms with Crippen LogP contribution in [-0.2, 0) is 39.4 Å². The largest absolute Gasteiger partial charge is 0.396 e. The third-order valence-corrected chi connectivity index (χ3v) is 12.4. The summed E-state index contributed by atoms with van der Waals surface area (Å²) in [5, 5.41) is 24.3. The predicted octanol–water partition coefficient (Wildman–Crippen LogP) is 4.82. The van der Waals surface area contributed by atoms with E-state index in [0.717, 1.165) is 24.9 Å². The lowest BCUT2D eigenvalue weighted by molar-refractivity contribution is -0.146. The van der Waals surface area contributed by atoms with Crippen molar-refractivity contribution in [1.29, 1.82) is 0 Å². The molecule has 3 aliphatic rings. The van der Waals surface area contributed by atoms with E-state index in [1.54, 1.807) is 41.0 Å². The molecule has 2 aromatic carbocycles. The monoisotopic (exact) mass is 668 g/mol. The van der Waals surface area contributed by atoms with Gasteiger partial charge in [-0.1, -0.05) is 35.9 Å². The molecule has 0 radical (unpaired) electrons. The minimum absolute atomic E-state index is 0.00709. The normalized spacial score (nSPS) is 26.1. The summed E-state index contributed by atoms with van der Waals surface area (Å²) >= 11 is 6.51. The second-order valence-corrected chi connectivity index (χ2v) is 17.5. The first kappa shape index (κ1) is 32.8. The van der Waals surface area contributed by atoms with Crippen molar-refractivity contribution in [2.24, 2.45) is 11.8 Å². The maximum Gasteiger partial charge on any atom is 0.264 e. The minimum atomic E-state index is -3.33. The van der Waals surface area contributed by atoms with E-state index in [-0.39, 0.29) is 30.9 Å². The molecule has 10 nitrogen and oxygen atoms in total. The number of carbonyl (C=O) groups is 2. The van der Waals surface area contributed by atoms with Crippen molar-refractivity contribution in [3.8, 4) is 0 Å².